The summed E-state index contributed by atoms with van der Waals surface area (Å²) in [5, 5.41) is 0. The second kappa shape index (κ2) is 10.3. The van der Waals surface area contributed by atoms with Crippen molar-refractivity contribution in [2.24, 2.45) is 11.8 Å². The van der Waals surface area contributed by atoms with E-state index in [9.17, 15) is 0 Å². The summed E-state index contributed by atoms with van der Waals surface area (Å²) >= 11 is 0. The zero-order valence-corrected chi connectivity index (χ0v) is 20.3. The summed E-state index contributed by atoms with van der Waals surface area (Å²) in [6.45, 7) is 7.23. The lowest BCUT2D eigenvalue weighted by Gasteiger charge is -2.16. The molecule has 1 aliphatic carbocycles. The van der Waals surface area contributed by atoms with Gasteiger partial charge in [-0.15, -0.1) is 0 Å². The van der Waals surface area contributed by atoms with Crippen LogP contribution in [0.1, 0.15) is 32.1 Å². The van der Waals surface area contributed by atoms with Crippen LogP contribution >= 0.6 is 0 Å². The van der Waals surface area contributed by atoms with E-state index in [1.807, 2.05) is 0 Å². The fourth-order valence-corrected chi connectivity index (χ4v) is 4.81. The molecule has 2 saturated heterocycles. The van der Waals surface area contributed by atoms with Gasteiger partial charge in [0, 0.05) is 73.7 Å². The molecule has 4 heterocycles. The molecule has 2 aromatic rings. The van der Waals surface area contributed by atoms with E-state index in [1.165, 1.54) is 69.7 Å². The predicted octanol–water partition coefficient (Wildman–Crippen LogP) is -3.19. The molecular formula is C23H32Br2N4. The number of hydrogen-bond acceptors (Lipinski definition) is 2. The summed E-state index contributed by atoms with van der Waals surface area (Å²) in [5.74, 6) is 1.66. The van der Waals surface area contributed by atoms with Gasteiger partial charge < -0.3 is 43.8 Å². The molecule has 0 bridgehead atoms. The van der Waals surface area contributed by atoms with Crippen LogP contribution in [0.15, 0.2) is 49.1 Å². The summed E-state index contributed by atoms with van der Waals surface area (Å²) in [6, 6.07) is 9.20. The van der Waals surface area contributed by atoms with E-state index in [0.717, 1.165) is 24.9 Å². The zero-order valence-electron chi connectivity index (χ0n) is 17.1. The number of pyridine rings is 2. The monoisotopic (exact) mass is 522 g/mol. The molecule has 0 unspecified atom stereocenters. The normalized spacial score (nSPS) is 22.9. The number of anilines is 2. The lowest BCUT2D eigenvalue weighted by molar-refractivity contribution is -0.709. The Labute approximate surface area is 196 Å². The molecule has 158 valence electrons. The molecule has 0 amide bonds. The molecule has 3 aliphatic rings. The lowest BCUT2D eigenvalue weighted by atomic mass is 10.3. The van der Waals surface area contributed by atoms with Crippen LogP contribution in [-0.2, 0) is 13.1 Å². The van der Waals surface area contributed by atoms with Crippen LogP contribution in [-0.4, -0.2) is 26.2 Å². The maximum Gasteiger partial charge on any atom is 0.170 e. The summed E-state index contributed by atoms with van der Waals surface area (Å²) in [5.41, 5.74) is 2.79. The highest BCUT2D eigenvalue weighted by Crippen LogP contribution is 2.38. The average Bonchev–Trinajstić information content (AvgIpc) is 3.16. The van der Waals surface area contributed by atoms with E-state index in [2.05, 4.69) is 68.0 Å². The molecule has 29 heavy (non-hydrogen) atoms. The summed E-state index contributed by atoms with van der Waals surface area (Å²) in [4.78, 5) is 5.01. The van der Waals surface area contributed by atoms with E-state index < -0.39 is 0 Å². The van der Waals surface area contributed by atoms with Crippen LogP contribution < -0.4 is 52.9 Å². The van der Waals surface area contributed by atoms with Crippen LogP contribution in [0.4, 0.5) is 11.4 Å². The molecule has 2 atom stereocenters. The first-order valence-electron chi connectivity index (χ1n) is 10.8. The first-order valence-corrected chi connectivity index (χ1v) is 10.8. The van der Waals surface area contributed by atoms with E-state index in [0.29, 0.717) is 0 Å². The van der Waals surface area contributed by atoms with Gasteiger partial charge in [-0.2, -0.15) is 0 Å². The Bertz CT molecular complexity index is 688. The van der Waals surface area contributed by atoms with Crippen LogP contribution in [0.25, 0.3) is 0 Å². The molecule has 6 heteroatoms. The maximum absolute atomic E-state index is 2.51. The van der Waals surface area contributed by atoms with Gasteiger partial charge in [0.25, 0.3) is 0 Å². The Hall–Kier alpha value is -1.14. The highest BCUT2D eigenvalue weighted by molar-refractivity contribution is 5.45. The topological polar surface area (TPSA) is 14.2 Å². The second-order valence-corrected chi connectivity index (χ2v) is 8.65. The summed E-state index contributed by atoms with van der Waals surface area (Å²) in [7, 11) is 0. The van der Waals surface area contributed by atoms with Crippen LogP contribution in [0, 0.1) is 11.8 Å². The van der Waals surface area contributed by atoms with Crippen molar-refractivity contribution in [3.8, 4) is 0 Å². The van der Waals surface area contributed by atoms with Crippen molar-refractivity contribution in [2.45, 2.75) is 45.2 Å². The molecule has 0 N–H and O–H groups in total. The third-order valence-electron chi connectivity index (χ3n) is 6.65. The molecule has 2 aliphatic heterocycles. The molecule has 0 aromatic carbocycles. The fraction of sp³-hybridized carbons (Fsp3) is 0.565. The minimum atomic E-state index is 0. The fourth-order valence-electron chi connectivity index (χ4n) is 4.81. The largest absolute Gasteiger partial charge is 1.00 e. The summed E-state index contributed by atoms with van der Waals surface area (Å²) in [6.07, 6.45) is 15.8. The second-order valence-electron chi connectivity index (χ2n) is 8.65. The van der Waals surface area contributed by atoms with E-state index in [1.54, 1.807) is 0 Å². The Morgan fingerprint density at radius 1 is 0.621 bits per heavy atom. The lowest BCUT2D eigenvalue weighted by Crippen LogP contribution is -3.00. The van der Waals surface area contributed by atoms with Crippen molar-refractivity contribution in [2.75, 3.05) is 36.0 Å². The van der Waals surface area contributed by atoms with Gasteiger partial charge in [0.05, 0.1) is 0 Å². The summed E-state index contributed by atoms with van der Waals surface area (Å²) < 4.78 is 4.76. The number of hydrogen-bond donors (Lipinski definition) is 0. The average molecular weight is 524 g/mol. The van der Waals surface area contributed by atoms with Gasteiger partial charge in [0.15, 0.2) is 37.9 Å². The van der Waals surface area contributed by atoms with Crippen molar-refractivity contribution < 1.29 is 43.1 Å². The van der Waals surface area contributed by atoms with Crippen LogP contribution in [0.2, 0.25) is 0 Å². The predicted molar refractivity (Wildman–Crippen MR) is 108 cm³/mol. The van der Waals surface area contributed by atoms with Crippen molar-refractivity contribution in [3.05, 3.63) is 49.1 Å². The molecule has 0 radical (unpaired) electrons. The first kappa shape index (κ1) is 22.5. The molecule has 2 aromatic heterocycles. The number of aromatic nitrogens is 2. The minimum absolute atomic E-state index is 0. The molecule has 0 spiro atoms. The van der Waals surface area contributed by atoms with E-state index in [-0.39, 0.29) is 34.0 Å². The number of halogens is 2. The van der Waals surface area contributed by atoms with Gasteiger partial charge in [0.2, 0.25) is 0 Å². The maximum atomic E-state index is 2.51. The molecule has 3 fully saturated rings. The Morgan fingerprint density at radius 2 is 0.966 bits per heavy atom. The van der Waals surface area contributed by atoms with Gasteiger partial charge in [-0.25, -0.2) is 9.13 Å². The number of rotatable bonds is 6. The SMILES string of the molecule is [Br-].[Br-].c1c[n+](C[C@H]2C[C@@H]2C[n+]2ccc(N3CCCC3)cc2)ccc1N1CCCC1. The van der Waals surface area contributed by atoms with E-state index >= 15 is 0 Å². The molecule has 4 nitrogen and oxygen atoms in total. The first-order chi connectivity index (χ1) is 13.3. The molecule has 5 rings (SSSR count). The Kier molecular flexibility index (Phi) is 7.97. The van der Waals surface area contributed by atoms with Gasteiger partial charge >= 0.3 is 0 Å². The smallest absolute Gasteiger partial charge is 0.170 e. The molecular weight excluding hydrogens is 492 g/mol. The van der Waals surface area contributed by atoms with Crippen molar-refractivity contribution in [3.63, 3.8) is 0 Å². The Morgan fingerprint density at radius 3 is 1.31 bits per heavy atom. The van der Waals surface area contributed by atoms with Gasteiger partial charge in [0.1, 0.15) is 0 Å². The quantitative estimate of drug-likeness (QED) is 0.370. The van der Waals surface area contributed by atoms with Crippen molar-refractivity contribution in [1.29, 1.82) is 0 Å². The highest BCUT2D eigenvalue weighted by Gasteiger charge is 2.42. The van der Waals surface area contributed by atoms with Gasteiger partial charge in [-0.1, -0.05) is 0 Å². The minimum Gasteiger partial charge on any atom is -1.00 e. The third-order valence-corrected chi connectivity index (χ3v) is 6.65. The van der Waals surface area contributed by atoms with E-state index in [4.69, 9.17) is 0 Å². The van der Waals surface area contributed by atoms with Crippen LogP contribution in [0.5, 0.6) is 0 Å². The van der Waals surface area contributed by atoms with Gasteiger partial charge in [-0.3, -0.25) is 0 Å². The molecule has 1 saturated carbocycles. The Balaban J connectivity index is 0.00000120. The van der Waals surface area contributed by atoms with Crippen LogP contribution in [0.3, 0.4) is 0 Å². The van der Waals surface area contributed by atoms with Gasteiger partial charge in [-0.05, 0) is 32.1 Å². The number of nitrogens with zero attached hydrogens (tertiary/aromatic N) is 4. The third kappa shape index (κ3) is 5.52. The standard InChI is InChI=1S/C23H32N4.2BrH/c1-2-10-26(9-1)22-5-13-24(14-6-22)18-20-17-21(20)19-25-15-7-23(8-16-25)27-11-3-4-12-27;;/h5-8,13-16,20-21H,1-4,9-12,17-19H2;2*1H/q+2;;/p-2/t20-,21-;;/m1../s1. The zero-order chi connectivity index (χ0) is 18.1. The van der Waals surface area contributed by atoms with Crippen molar-refractivity contribution in [1.82, 2.24) is 0 Å². The van der Waals surface area contributed by atoms with Crippen molar-refractivity contribution >= 4 is 11.4 Å². The highest BCUT2D eigenvalue weighted by atomic mass is 79.9.